The Bertz CT molecular complexity index is 411. The lowest BCUT2D eigenvalue weighted by Gasteiger charge is -2.29. The predicted octanol–water partition coefficient (Wildman–Crippen LogP) is 1.94. The standard InChI is InChI=1S/C14H22N2O3/c1-11(10-16-7-3-2-4-8-16)15-9-12-5-6-13(19-12)14(17)18/h5-6,11,15H,2-4,7-10H2,1H3,(H,17,18). The smallest absolute Gasteiger partial charge is 0.371 e. The molecule has 1 aromatic rings. The predicted molar refractivity (Wildman–Crippen MR) is 72.3 cm³/mol. The van der Waals surface area contributed by atoms with Gasteiger partial charge in [0.15, 0.2) is 0 Å². The van der Waals surface area contributed by atoms with Crippen LogP contribution in [0.3, 0.4) is 0 Å². The third kappa shape index (κ3) is 4.36. The number of aromatic carboxylic acids is 1. The molecule has 2 rings (SSSR count). The van der Waals surface area contributed by atoms with Gasteiger partial charge in [0.25, 0.3) is 0 Å². The van der Waals surface area contributed by atoms with E-state index in [-0.39, 0.29) is 5.76 Å². The number of piperidine rings is 1. The summed E-state index contributed by atoms with van der Waals surface area (Å²) in [7, 11) is 0. The molecule has 1 aliphatic rings. The highest BCUT2D eigenvalue weighted by Gasteiger charge is 2.14. The van der Waals surface area contributed by atoms with E-state index >= 15 is 0 Å². The normalized spacial score (nSPS) is 18.4. The zero-order chi connectivity index (χ0) is 13.7. The van der Waals surface area contributed by atoms with Gasteiger partial charge in [0.2, 0.25) is 5.76 Å². The molecule has 0 aromatic carbocycles. The van der Waals surface area contributed by atoms with E-state index in [0.29, 0.717) is 18.3 Å². The van der Waals surface area contributed by atoms with Crippen molar-refractivity contribution in [2.45, 2.75) is 38.8 Å². The second-order valence-electron chi connectivity index (χ2n) is 5.21. The summed E-state index contributed by atoms with van der Waals surface area (Å²) in [6, 6.07) is 3.58. The van der Waals surface area contributed by atoms with Gasteiger partial charge in [0, 0.05) is 12.6 Å². The highest BCUT2D eigenvalue weighted by molar-refractivity contribution is 5.84. The second-order valence-corrected chi connectivity index (χ2v) is 5.21. The molecular formula is C14H22N2O3. The highest BCUT2D eigenvalue weighted by atomic mass is 16.4. The molecule has 106 valence electrons. The van der Waals surface area contributed by atoms with Crippen LogP contribution in [0.2, 0.25) is 0 Å². The fourth-order valence-electron chi connectivity index (χ4n) is 2.46. The van der Waals surface area contributed by atoms with Crippen LogP contribution in [-0.2, 0) is 6.54 Å². The summed E-state index contributed by atoms with van der Waals surface area (Å²) in [5.41, 5.74) is 0. The summed E-state index contributed by atoms with van der Waals surface area (Å²) in [4.78, 5) is 13.2. The largest absolute Gasteiger partial charge is 0.475 e. The molecule has 19 heavy (non-hydrogen) atoms. The van der Waals surface area contributed by atoms with E-state index in [0.717, 1.165) is 6.54 Å². The van der Waals surface area contributed by atoms with Gasteiger partial charge in [-0.15, -0.1) is 0 Å². The molecule has 0 aliphatic carbocycles. The molecule has 0 saturated carbocycles. The van der Waals surface area contributed by atoms with Crippen molar-refractivity contribution in [2.75, 3.05) is 19.6 Å². The van der Waals surface area contributed by atoms with Gasteiger partial charge < -0.3 is 19.7 Å². The van der Waals surface area contributed by atoms with Crippen LogP contribution in [0.4, 0.5) is 0 Å². The zero-order valence-electron chi connectivity index (χ0n) is 11.4. The zero-order valence-corrected chi connectivity index (χ0v) is 11.4. The number of likely N-dealkylation sites (tertiary alicyclic amines) is 1. The average molecular weight is 266 g/mol. The first-order chi connectivity index (χ1) is 9.15. The molecule has 1 aliphatic heterocycles. The van der Waals surface area contributed by atoms with Crippen molar-refractivity contribution in [3.8, 4) is 0 Å². The molecule has 5 nitrogen and oxygen atoms in total. The number of hydrogen-bond acceptors (Lipinski definition) is 4. The fraction of sp³-hybridized carbons (Fsp3) is 0.643. The van der Waals surface area contributed by atoms with E-state index in [1.807, 2.05) is 0 Å². The minimum absolute atomic E-state index is 0.000448. The van der Waals surface area contributed by atoms with Gasteiger partial charge in [0.1, 0.15) is 5.76 Å². The Hall–Kier alpha value is -1.33. The number of carboxylic acids is 1. The number of nitrogens with zero attached hydrogens (tertiary/aromatic N) is 1. The lowest BCUT2D eigenvalue weighted by Crippen LogP contribution is -2.41. The first-order valence-corrected chi connectivity index (χ1v) is 6.93. The van der Waals surface area contributed by atoms with Crippen LogP contribution in [0.25, 0.3) is 0 Å². The van der Waals surface area contributed by atoms with Gasteiger partial charge in [-0.3, -0.25) is 0 Å². The summed E-state index contributed by atoms with van der Waals surface area (Å²) in [6.45, 7) is 6.14. The Morgan fingerprint density at radius 3 is 2.79 bits per heavy atom. The fourth-order valence-corrected chi connectivity index (χ4v) is 2.46. The lowest BCUT2D eigenvalue weighted by atomic mass is 10.1. The minimum Gasteiger partial charge on any atom is -0.475 e. The van der Waals surface area contributed by atoms with E-state index in [9.17, 15) is 4.79 Å². The topological polar surface area (TPSA) is 65.7 Å². The molecule has 0 radical (unpaired) electrons. The Balaban J connectivity index is 1.72. The molecule has 2 heterocycles. The number of hydrogen-bond donors (Lipinski definition) is 2. The van der Waals surface area contributed by atoms with Crippen LogP contribution in [0.15, 0.2) is 16.5 Å². The Morgan fingerprint density at radius 2 is 2.16 bits per heavy atom. The van der Waals surface area contributed by atoms with Gasteiger partial charge in [-0.1, -0.05) is 6.42 Å². The van der Waals surface area contributed by atoms with Crippen LogP contribution in [0, 0.1) is 0 Å². The molecule has 0 amide bonds. The molecule has 0 spiro atoms. The van der Waals surface area contributed by atoms with Crippen molar-refractivity contribution in [2.24, 2.45) is 0 Å². The maximum atomic E-state index is 10.7. The van der Waals surface area contributed by atoms with Crippen LogP contribution < -0.4 is 5.32 Å². The van der Waals surface area contributed by atoms with Crippen molar-refractivity contribution in [3.63, 3.8) is 0 Å². The molecule has 1 atom stereocenters. The number of carboxylic acid groups (broad SMARTS) is 1. The summed E-state index contributed by atoms with van der Waals surface area (Å²) < 4.78 is 5.21. The van der Waals surface area contributed by atoms with Gasteiger partial charge in [-0.2, -0.15) is 0 Å². The summed E-state index contributed by atoms with van der Waals surface area (Å²) in [5.74, 6) is -0.351. The quantitative estimate of drug-likeness (QED) is 0.823. The Kier molecular flexibility index (Phi) is 4.99. The van der Waals surface area contributed by atoms with E-state index in [2.05, 4.69) is 17.1 Å². The Morgan fingerprint density at radius 1 is 1.42 bits per heavy atom. The van der Waals surface area contributed by atoms with Crippen LogP contribution in [-0.4, -0.2) is 41.7 Å². The summed E-state index contributed by atoms with van der Waals surface area (Å²) in [6.07, 6.45) is 3.95. The summed E-state index contributed by atoms with van der Waals surface area (Å²) >= 11 is 0. The van der Waals surface area contributed by atoms with E-state index < -0.39 is 5.97 Å². The number of rotatable bonds is 6. The van der Waals surface area contributed by atoms with E-state index in [4.69, 9.17) is 9.52 Å². The second kappa shape index (κ2) is 6.73. The molecule has 1 aromatic heterocycles. The van der Waals surface area contributed by atoms with Crippen molar-refractivity contribution in [1.82, 2.24) is 10.2 Å². The maximum absolute atomic E-state index is 10.7. The van der Waals surface area contributed by atoms with Crippen LogP contribution in [0.1, 0.15) is 42.5 Å². The SMILES string of the molecule is CC(CN1CCCCC1)NCc1ccc(C(=O)O)o1. The van der Waals surface area contributed by atoms with Crippen LogP contribution >= 0.6 is 0 Å². The third-order valence-corrected chi connectivity index (χ3v) is 3.48. The lowest BCUT2D eigenvalue weighted by molar-refractivity contribution is 0.0660. The first-order valence-electron chi connectivity index (χ1n) is 6.93. The van der Waals surface area contributed by atoms with Gasteiger partial charge in [-0.05, 0) is 45.0 Å². The average Bonchev–Trinajstić information content (AvgIpc) is 2.86. The molecule has 1 fully saturated rings. The highest BCUT2D eigenvalue weighted by Crippen LogP contribution is 2.10. The van der Waals surface area contributed by atoms with E-state index in [1.165, 1.54) is 38.4 Å². The van der Waals surface area contributed by atoms with Crippen molar-refractivity contribution in [3.05, 3.63) is 23.7 Å². The van der Waals surface area contributed by atoms with Crippen LogP contribution in [0.5, 0.6) is 0 Å². The third-order valence-electron chi connectivity index (χ3n) is 3.48. The first kappa shape index (κ1) is 14.1. The molecule has 5 heteroatoms. The van der Waals surface area contributed by atoms with Gasteiger partial charge >= 0.3 is 5.97 Å². The van der Waals surface area contributed by atoms with Crippen molar-refractivity contribution in [1.29, 1.82) is 0 Å². The monoisotopic (exact) mass is 266 g/mol. The number of nitrogens with one attached hydrogen (secondary N) is 1. The maximum Gasteiger partial charge on any atom is 0.371 e. The molecular weight excluding hydrogens is 244 g/mol. The van der Waals surface area contributed by atoms with Crippen molar-refractivity contribution >= 4 is 5.97 Å². The Labute approximate surface area is 113 Å². The molecule has 1 unspecified atom stereocenters. The van der Waals surface area contributed by atoms with E-state index in [1.54, 1.807) is 6.07 Å². The molecule has 2 N–H and O–H groups in total. The molecule has 0 bridgehead atoms. The number of furan rings is 1. The minimum atomic E-state index is -1.02. The van der Waals surface area contributed by atoms with Gasteiger partial charge in [0.05, 0.1) is 6.54 Å². The number of carbonyl (C=O) groups is 1. The van der Waals surface area contributed by atoms with Crippen molar-refractivity contribution < 1.29 is 14.3 Å². The summed E-state index contributed by atoms with van der Waals surface area (Å²) in [5, 5.41) is 12.1. The van der Waals surface area contributed by atoms with Gasteiger partial charge in [-0.25, -0.2) is 4.79 Å². The molecule has 1 saturated heterocycles.